The molecule has 170 valence electrons. The van der Waals surface area contributed by atoms with Crippen molar-refractivity contribution in [2.75, 3.05) is 13.2 Å². The van der Waals surface area contributed by atoms with E-state index in [1.165, 1.54) is 17.0 Å². The highest BCUT2D eigenvalue weighted by Crippen LogP contribution is 2.39. The number of benzene rings is 1. The van der Waals surface area contributed by atoms with E-state index in [-0.39, 0.29) is 42.4 Å². The monoisotopic (exact) mass is 444 g/mol. The van der Waals surface area contributed by atoms with Crippen LogP contribution in [0.15, 0.2) is 29.1 Å². The van der Waals surface area contributed by atoms with Crippen molar-refractivity contribution in [3.8, 4) is 5.75 Å². The van der Waals surface area contributed by atoms with Gasteiger partial charge in [-0.1, -0.05) is 12.1 Å². The average molecular weight is 444 g/mol. The van der Waals surface area contributed by atoms with Crippen LogP contribution in [0.3, 0.4) is 0 Å². The van der Waals surface area contributed by atoms with Crippen molar-refractivity contribution in [1.82, 2.24) is 19.8 Å². The number of hydrogen-bond donors (Lipinski definition) is 2. The summed E-state index contributed by atoms with van der Waals surface area (Å²) in [6.45, 7) is 5.83. The van der Waals surface area contributed by atoms with Gasteiger partial charge in [0.15, 0.2) is 5.69 Å². The Labute approximate surface area is 183 Å². The second kappa shape index (κ2) is 8.01. The number of hydrogen-bond acceptors (Lipinski definition) is 6. The van der Waals surface area contributed by atoms with E-state index in [2.05, 4.69) is 10.3 Å². The van der Waals surface area contributed by atoms with Crippen LogP contribution in [0.1, 0.15) is 61.2 Å². The van der Waals surface area contributed by atoms with E-state index < -0.39 is 28.9 Å². The van der Waals surface area contributed by atoms with Crippen LogP contribution in [0.5, 0.6) is 5.75 Å². The van der Waals surface area contributed by atoms with Gasteiger partial charge in [-0.15, -0.1) is 0 Å². The Kier molecular flexibility index (Phi) is 5.49. The average Bonchev–Trinajstić information content (AvgIpc) is 3.04. The molecule has 2 atom stereocenters. The Hall–Kier alpha value is -3.27. The standard InChI is InChI=1S/C22H25FN4O5/c1-22(2,3)32-11-16(28)24-15-8-14-10-26(9-12-4-6-13(23)7-5-12)21(31)17-18(29)20(30)25-19(15)27(14)17/h4-7,14-15,29H,8-11H2,1-3H3,(H,24,28). The van der Waals surface area contributed by atoms with Crippen LogP contribution in [-0.4, -0.2) is 50.1 Å². The first kappa shape index (κ1) is 21.9. The quantitative estimate of drug-likeness (QED) is 0.725. The molecule has 1 aromatic heterocycles. The van der Waals surface area contributed by atoms with Crippen molar-refractivity contribution >= 4 is 11.8 Å². The third-order valence-corrected chi connectivity index (χ3v) is 5.49. The first-order valence-electron chi connectivity index (χ1n) is 10.4. The van der Waals surface area contributed by atoms with Gasteiger partial charge in [0.25, 0.3) is 5.91 Å². The number of halogens is 1. The van der Waals surface area contributed by atoms with Crippen LogP contribution in [0.2, 0.25) is 0 Å². The summed E-state index contributed by atoms with van der Waals surface area (Å²) in [4.78, 5) is 43.3. The van der Waals surface area contributed by atoms with Gasteiger partial charge in [0.1, 0.15) is 18.2 Å². The van der Waals surface area contributed by atoms with Gasteiger partial charge in [-0.3, -0.25) is 14.4 Å². The number of aromatic hydroxyl groups is 1. The SMILES string of the molecule is CC(C)(C)OCC(=O)NC1CC2CN(Cc3ccc(F)cc3)C(=O)c3c(O)c(=O)nc1n32. The number of nitrogens with one attached hydrogen (secondary N) is 1. The van der Waals surface area contributed by atoms with Gasteiger partial charge in [-0.2, -0.15) is 4.98 Å². The molecule has 2 aromatic rings. The van der Waals surface area contributed by atoms with Crippen molar-refractivity contribution in [1.29, 1.82) is 0 Å². The molecule has 0 fully saturated rings. The number of ether oxygens (including phenoxy) is 1. The van der Waals surface area contributed by atoms with Crippen LogP contribution >= 0.6 is 0 Å². The Morgan fingerprint density at radius 2 is 1.97 bits per heavy atom. The number of rotatable bonds is 5. The molecule has 2 unspecified atom stereocenters. The molecule has 2 N–H and O–H groups in total. The minimum atomic E-state index is -0.922. The van der Waals surface area contributed by atoms with Crippen molar-refractivity contribution < 1.29 is 23.8 Å². The van der Waals surface area contributed by atoms with Gasteiger partial charge < -0.3 is 24.6 Å². The van der Waals surface area contributed by atoms with E-state index in [1.54, 1.807) is 16.7 Å². The van der Waals surface area contributed by atoms with Gasteiger partial charge in [0.2, 0.25) is 11.7 Å². The zero-order chi connectivity index (χ0) is 23.2. The molecule has 3 heterocycles. The summed E-state index contributed by atoms with van der Waals surface area (Å²) >= 11 is 0. The lowest BCUT2D eigenvalue weighted by Crippen LogP contribution is -2.43. The van der Waals surface area contributed by atoms with Crippen molar-refractivity contribution in [2.24, 2.45) is 0 Å². The molecule has 0 saturated carbocycles. The molecular formula is C22H25FN4O5. The van der Waals surface area contributed by atoms with Crippen LogP contribution < -0.4 is 10.9 Å². The van der Waals surface area contributed by atoms with Crippen molar-refractivity contribution in [3.05, 3.63) is 57.5 Å². The summed E-state index contributed by atoms with van der Waals surface area (Å²) in [6, 6.07) is 4.89. The maximum absolute atomic E-state index is 13.2. The van der Waals surface area contributed by atoms with E-state index in [0.29, 0.717) is 18.5 Å². The van der Waals surface area contributed by atoms with Gasteiger partial charge in [0, 0.05) is 13.1 Å². The highest BCUT2D eigenvalue weighted by Gasteiger charge is 2.43. The molecule has 2 amide bonds. The molecule has 0 bridgehead atoms. The van der Waals surface area contributed by atoms with Crippen molar-refractivity contribution in [3.63, 3.8) is 0 Å². The zero-order valence-corrected chi connectivity index (χ0v) is 18.1. The highest BCUT2D eigenvalue weighted by molar-refractivity contribution is 5.96. The molecule has 2 aliphatic heterocycles. The van der Waals surface area contributed by atoms with Crippen LogP contribution in [0.25, 0.3) is 0 Å². The first-order valence-corrected chi connectivity index (χ1v) is 10.4. The van der Waals surface area contributed by atoms with E-state index in [9.17, 15) is 23.9 Å². The van der Waals surface area contributed by atoms with Crippen LogP contribution in [-0.2, 0) is 16.1 Å². The lowest BCUT2D eigenvalue weighted by Gasteiger charge is -2.33. The Balaban J connectivity index is 1.60. The predicted molar refractivity (Wildman–Crippen MR) is 112 cm³/mol. The fourth-order valence-electron chi connectivity index (χ4n) is 4.07. The minimum Gasteiger partial charge on any atom is -0.501 e. The summed E-state index contributed by atoms with van der Waals surface area (Å²) in [6.07, 6.45) is 0.400. The molecule has 2 aliphatic rings. The Morgan fingerprint density at radius 1 is 1.28 bits per heavy atom. The third kappa shape index (κ3) is 4.22. The molecular weight excluding hydrogens is 419 g/mol. The molecule has 0 spiro atoms. The smallest absolute Gasteiger partial charge is 0.315 e. The number of nitrogens with zero attached hydrogens (tertiary/aromatic N) is 3. The number of amides is 2. The second-order valence-corrected chi connectivity index (χ2v) is 9.07. The molecule has 9 nitrogen and oxygen atoms in total. The minimum absolute atomic E-state index is 0.138. The predicted octanol–water partition coefficient (Wildman–Crippen LogP) is 1.66. The van der Waals surface area contributed by atoms with E-state index in [1.807, 2.05) is 20.8 Å². The summed E-state index contributed by atoms with van der Waals surface area (Å²) in [7, 11) is 0. The molecule has 0 aliphatic carbocycles. The fourth-order valence-corrected chi connectivity index (χ4v) is 4.07. The van der Waals surface area contributed by atoms with Gasteiger partial charge in [0.05, 0.1) is 17.7 Å². The normalized spacial score (nSPS) is 19.8. The molecule has 1 aromatic carbocycles. The van der Waals surface area contributed by atoms with E-state index >= 15 is 0 Å². The summed E-state index contributed by atoms with van der Waals surface area (Å²) in [5, 5.41) is 13.2. The molecule has 10 heteroatoms. The van der Waals surface area contributed by atoms with Crippen LogP contribution in [0.4, 0.5) is 4.39 Å². The van der Waals surface area contributed by atoms with Crippen LogP contribution in [0, 0.1) is 5.82 Å². The van der Waals surface area contributed by atoms with Gasteiger partial charge in [-0.05, 0) is 44.9 Å². The molecule has 0 radical (unpaired) electrons. The number of carbonyl (C=O) groups is 2. The first-order chi connectivity index (χ1) is 15.0. The van der Waals surface area contributed by atoms with Gasteiger partial charge in [-0.25, -0.2) is 4.39 Å². The van der Waals surface area contributed by atoms with Gasteiger partial charge >= 0.3 is 5.56 Å². The summed E-state index contributed by atoms with van der Waals surface area (Å²) in [5.74, 6) is -1.74. The van der Waals surface area contributed by atoms with Crippen molar-refractivity contribution in [2.45, 2.75) is 51.4 Å². The Bertz CT molecular complexity index is 1120. The molecule has 32 heavy (non-hydrogen) atoms. The number of carbonyl (C=O) groups excluding carboxylic acids is 2. The number of aromatic nitrogens is 2. The van der Waals surface area contributed by atoms with E-state index in [4.69, 9.17) is 4.74 Å². The lowest BCUT2D eigenvalue weighted by atomic mass is 10.1. The maximum atomic E-state index is 13.2. The third-order valence-electron chi connectivity index (χ3n) is 5.49. The maximum Gasteiger partial charge on any atom is 0.315 e. The zero-order valence-electron chi connectivity index (χ0n) is 18.1. The fraction of sp³-hybridized carbons (Fsp3) is 0.455. The largest absolute Gasteiger partial charge is 0.501 e. The lowest BCUT2D eigenvalue weighted by molar-refractivity contribution is -0.131. The summed E-state index contributed by atoms with van der Waals surface area (Å²) < 4.78 is 20.3. The summed E-state index contributed by atoms with van der Waals surface area (Å²) in [5.41, 5.74) is -0.834. The Morgan fingerprint density at radius 3 is 2.62 bits per heavy atom. The highest BCUT2D eigenvalue weighted by atomic mass is 19.1. The second-order valence-electron chi connectivity index (χ2n) is 9.07. The topological polar surface area (TPSA) is 114 Å². The van der Waals surface area contributed by atoms with E-state index in [0.717, 1.165) is 0 Å². The molecule has 0 saturated heterocycles. The molecule has 4 rings (SSSR count).